The molecule has 1 aromatic rings. The summed E-state index contributed by atoms with van der Waals surface area (Å²) in [5.41, 5.74) is 0.928. The van der Waals surface area contributed by atoms with Gasteiger partial charge in [-0.05, 0) is 27.7 Å². The van der Waals surface area contributed by atoms with Gasteiger partial charge in [0.25, 0.3) is 0 Å². The van der Waals surface area contributed by atoms with Gasteiger partial charge in [0.05, 0.1) is 30.0 Å². The predicted octanol–water partition coefficient (Wildman–Crippen LogP) is 2.18. The standard InChI is InChI=1S/C18H23N5O6/c1-5-28-17(24)7-13(3)19-9-15(22-12-16(11-21-22)23(26)27)10-20-14(4)8-18(25)29-6-2/h7-12,19H,5-6H2,1-4H3/b13-7+,14-8+,15-9+,20-10-. The number of hydrogen-bond acceptors (Lipinski definition) is 9. The van der Waals surface area contributed by atoms with Gasteiger partial charge in [-0.1, -0.05) is 0 Å². The van der Waals surface area contributed by atoms with E-state index in [2.05, 4.69) is 15.4 Å². The number of carbonyl (C=O) groups is 2. The third-order valence-electron chi connectivity index (χ3n) is 3.13. The Hall–Kier alpha value is -3.76. The maximum absolute atomic E-state index is 11.5. The average Bonchev–Trinajstić information content (AvgIpc) is 3.12. The van der Waals surface area contributed by atoms with Gasteiger partial charge >= 0.3 is 17.6 Å². The summed E-state index contributed by atoms with van der Waals surface area (Å²) in [6.07, 6.45) is 7.56. The van der Waals surface area contributed by atoms with Crippen LogP contribution in [0.5, 0.6) is 0 Å². The molecule has 0 amide bonds. The highest BCUT2D eigenvalue weighted by Gasteiger charge is 2.11. The Morgan fingerprint density at radius 2 is 1.86 bits per heavy atom. The molecule has 11 nitrogen and oxygen atoms in total. The Labute approximate surface area is 167 Å². The number of aliphatic imine (C=N–C) groups is 1. The van der Waals surface area contributed by atoms with E-state index in [9.17, 15) is 19.7 Å². The molecule has 0 aliphatic carbocycles. The van der Waals surface area contributed by atoms with E-state index in [0.717, 1.165) is 6.20 Å². The van der Waals surface area contributed by atoms with Crippen LogP contribution in [0.15, 0.2) is 47.1 Å². The lowest BCUT2D eigenvalue weighted by Gasteiger charge is -2.05. The molecule has 1 heterocycles. The monoisotopic (exact) mass is 405 g/mol. The molecule has 0 bridgehead atoms. The maximum atomic E-state index is 11.5. The van der Waals surface area contributed by atoms with Gasteiger partial charge in [-0.15, -0.1) is 0 Å². The molecule has 0 spiro atoms. The second-order valence-electron chi connectivity index (χ2n) is 5.49. The summed E-state index contributed by atoms with van der Waals surface area (Å²) in [6, 6.07) is 0. The van der Waals surface area contributed by atoms with E-state index in [-0.39, 0.29) is 18.9 Å². The average molecular weight is 405 g/mol. The van der Waals surface area contributed by atoms with Crippen LogP contribution in [0.4, 0.5) is 5.69 Å². The Kier molecular flexibility index (Phi) is 9.51. The summed E-state index contributed by atoms with van der Waals surface area (Å²) in [5.74, 6) is -1.04. The van der Waals surface area contributed by atoms with E-state index < -0.39 is 16.9 Å². The van der Waals surface area contributed by atoms with E-state index in [1.54, 1.807) is 27.7 Å². The van der Waals surface area contributed by atoms with Crippen molar-refractivity contribution < 1.29 is 24.0 Å². The molecule has 0 aliphatic heterocycles. The highest BCUT2D eigenvalue weighted by atomic mass is 16.6. The summed E-state index contributed by atoms with van der Waals surface area (Å²) in [6.45, 7) is 7.10. The van der Waals surface area contributed by atoms with Crippen LogP contribution in [0.3, 0.4) is 0 Å². The van der Waals surface area contributed by atoms with E-state index in [0.29, 0.717) is 17.1 Å². The predicted molar refractivity (Wildman–Crippen MR) is 106 cm³/mol. The molecule has 1 rings (SSSR count). The molecular weight excluding hydrogens is 382 g/mol. The number of ether oxygens (including phenoxy) is 2. The summed E-state index contributed by atoms with van der Waals surface area (Å²) in [4.78, 5) is 37.4. The molecule has 156 valence electrons. The van der Waals surface area contributed by atoms with Gasteiger partial charge in [-0.2, -0.15) is 5.10 Å². The fourth-order valence-corrected chi connectivity index (χ4v) is 1.86. The zero-order valence-electron chi connectivity index (χ0n) is 16.6. The molecule has 0 unspecified atom stereocenters. The first kappa shape index (κ1) is 23.3. The Morgan fingerprint density at radius 1 is 1.24 bits per heavy atom. The van der Waals surface area contributed by atoms with Crippen LogP contribution in [-0.4, -0.2) is 46.1 Å². The number of allylic oxidation sites excluding steroid dienone is 3. The van der Waals surface area contributed by atoms with Crippen LogP contribution in [-0.2, 0) is 19.1 Å². The molecule has 0 saturated heterocycles. The summed E-state index contributed by atoms with van der Waals surface area (Å²) in [7, 11) is 0. The summed E-state index contributed by atoms with van der Waals surface area (Å²) < 4.78 is 10.9. The third kappa shape index (κ3) is 8.65. The smallest absolute Gasteiger partial charge is 0.332 e. The Balaban J connectivity index is 3.11. The molecule has 11 heteroatoms. The van der Waals surface area contributed by atoms with Gasteiger partial charge in [-0.3, -0.25) is 15.1 Å². The molecular formula is C18H23N5O6. The van der Waals surface area contributed by atoms with Crippen LogP contribution in [0.25, 0.3) is 5.70 Å². The van der Waals surface area contributed by atoms with Gasteiger partial charge < -0.3 is 14.8 Å². The Morgan fingerprint density at radius 3 is 2.41 bits per heavy atom. The number of nitrogens with one attached hydrogen (secondary N) is 1. The minimum atomic E-state index is -0.580. The molecule has 0 aliphatic rings. The van der Waals surface area contributed by atoms with Gasteiger partial charge in [0.15, 0.2) is 0 Å². The van der Waals surface area contributed by atoms with Crippen molar-refractivity contribution in [2.75, 3.05) is 13.2 Å². The van der Waals surface area contributed by atoms with E-state index in [1.165, 1.54) is 35.4 Å². The lowest BCUT2D eigenvalue weighted by atomic mass is 10.4. The molecule has 0 aromatic carbocycles. The first-order valence-electron chi connectivity index (χ1n) is 8.67. The van der Waals surface area contributed by atoms with Crippen molar-refractivity contribution in [3.8, 4) is 0 Å². The maximum Gasteiger partial charge on any atom is 0.332 e. The Bertz CT molecular complexity index is 866. The molecule has 1 N–H and O–H groups in total. The number of rotatable bonds is 10. The number of hydrogen-bond donors (Lipinski definition) is 1. The fourth-order valence-electron chi connectivity index (χ4n) is 1.86. The SMILES string of the molecule is CCOC(=O)/C=C(C)/N=C\C(=C/N/C(C)=C/C(=O)OCC)n1cc([N+](=O)[O-])cn1. The van der Waals surface area contributed by atoms with Gasteiger partial charge in [0, 0.05) is 29.7 Å². The second kappa shape index (κ2) is 11.8. The second-order valence-corrected chi connectivity index (χ2v) is 5.49. The van der Waals surface area contributed by atoms with Crippen LogP contribution in [0.2, 0.25) is 0 Å². The highest BCUT2D eigenvalue weighted by Crippen LogP contribution is 2.12. The van der Waals surface area contributed by atoms with Crippen LogP contribution >= 0.6 is 0 Å². The molecule has 0 atom stereocenters. The highest BCUT2D eigenvalue weighted by molar-refractivity contribution is 6.02. The largest absolute Gasteiger partial charge is 0.463 e. The number of esters is 2. The van der Waals surface area contributed by atoms with Crippen LogP contribution in [0, 0.1) is 10.1 Å². The molecule has 29 heavy (non-hydrogen) atoms. The fraction of sp³-hybridized carbons (Fsp3) is 0.333. The minimum absolute atomic E-state index is 0.207. The van der Waals surface area contributed by atoms with Crippen molar-refractivity contribution in [2.45, 2.75) is 27.7 Å². The number of nitro groups is 1. The van der Waals surface area contributed by atoms with E-state index in [1.807, 2.05) is 0 Å². The van der Waals surface area contributed by atoms with Gasteiger partial charge in [-0.25, -0.2) is 14.3 Å². The van der Waals surface area contributed by atoms with Gasteiger partial charge in [0.1, 0.15) is 12.4 Å². The molecule has 0 saturated carbocycles. The zero-order chi connectivity index (χ0) is 21.8. The number of carbonyl (C=O) groups excluding carboxylic acids is 2. The zero-order valence-corrected chi connectivity index (χ0v) is 16.6. The quantitative estimate of drug-likeness (QED) is 0.205. The van der Waals surface area contributed by atoms with Crippen molar-refractivity contribution >= 4 is 29.5 Å². The number of aromatic nitrogens is 2. The first-order chi connectivity index (χ1) is 13.8. The third-order valence-corrected chi connectivity index (χ3v) is 3.13. The molecule has 0 radical (unpaired) electrons. The summed E-state index contributed by atoms with van der Waals surface area (Å²) >= 11 is 0. The molecule has 0 fully saturated rings. The van der Waals surface area contributed by atoms with E-state index >= 15 is 0 Å². The molecule has 1 aromatic heterocycles. The minimum Gasteiger partial charge on any atom is -0.463 e. The van der Waals surface area contributed by atoms with Crippen molar-refractivity contribution in [3.63, 3.8) is 0 Å². The van der Waals surface area contributed by atoms with Gasteiger partial charge in [0.2, 0.25) is 0 Å². The van der Waals surface area contributed by atoms with Crippen LogP contribution in [0.1, 0.15) is 27.7 Å². The van der Waals surface area contributed by atoms with Crippen molar-refractivity contribution in [1.82, 2.24) is 15.1 Å². The van der Waals surface area contributed by atoms with Crippen LogP contribution < -0.4 is 5.32 Å². The van der Waals surface area contributed by atoms with E-state index in [4.69, 9.17) is 9.47 Å². The topological polar surface area (TPSA) is 138 Å². The first-order valence-corrected chi connectivity index (χ1v) is 8.67. The summed E-state index contributed by atoms with van der Waals surface area (Å²) in [5, 5.41) is 17.7. The van der Waals surface area contributed by atoms with Crippen molar-refractivity contribution in [1.29, 1.82) is 0 Å². The number of nitrogens with zero attached hydrogens (tertiary/aromatic N) is 4. The van der Waals surface area contributed by atoms with Crippen molar-refractivity contribution in [2.24, 2.45) is 4.99 Å². The van der Waals surface area contributed by atoms with Crippen molar-refractivity contribution in [3.05, 3.63) is 52.3 Å². The lowest BCUT2D eigenvalue weighted by molar-refractivity contribution is -0.384. The normalized spacial score (nSPS) is 12.8. The lowest BCUT2D eigenvalue weighted by Crippen LogP contribution is -2.10.